The highest BCUT2D eigenvalue weighted by Crippen LogP contribution is 2.23. The zero-order valence-electron chi connectivity index (χ0n) is 14.2. The normalized spacial score (nSPS) is 10.7. The highest BCUT2D eigenvalue weighted by Gasteiger charge is 2.05. The quantitative estimate of drug-likeness (QED) is 0.458. The molecule has 0 bridgehead atoms. The molecule has 122 valence electrons. The lowest BCUT2D eigenvalue weighted by atomic mass is 10.00. The van der Waals surface area contributed by atoms with Crippen LogP contribution >= 0.6 is 0 Å². The van der Waals surface area contributed by atoms with E-state index >= 15 is 0 Å². The number of hydrogen-bond donors (Lipinski definition) is 0. The summed E-state index contributed by atoms with van der Waals surface area (Å²) in [6.45, 7) is 0. The molecule has 0 fully saturated rings. The van der Waals surface area contributed by atoms with E-state index in [0.717, 1.165) is 6.42 Å². The van der Waals surface area contributed by atoms with Crippen LogP contribution in [0.15, 0.2) is 79.0 Å². The van der Waals surface area contributed by atoms with Crippen molar-refractivity contribution in [3.63, 3.8) is 0 Å². The minimum atomic E-state index is 1.07. The van der Waals surface area contributed by atoms with Gasteiger partial charge in [0.25, 0.3) is 0 Å². The maximum atomic E-state index is 4.62. The standard InChI is InChI=1S/C23H25N/c1(5-12-20-13-6-3-7-14-20)2-10-18-23-22(17-11-19-24-23)21-15-8-4-9-16-21/h3-4,6-9,11,13-17,19H,1-2,5,10,12,18H2. The number of nitrogens with zero attached hydrogens (tertiary/aromatic N) is 1. The molecule has 1 heteroatoms. The number of aryl methyl sites for hydroxylation is 2. The highest BCUT2D eigenvalue weighted by molar-refractivity contribution is 5.65. The Bertz CT molecular complexity index is 719. The molecule has 3 rings (SSSR count). The first-order valence-corrected chi connectivity index (χ1v) is 8.97. The topological polar surface area (TPSA) is 12.9 Å². The molecule has 3 aromatic rings. The molecule has 0 N–H and O–H groups in total. The fourth-order valence-electron chi connectivity index (χ4n) is 3.14. The molecule has 0 atom stereocenters. The van der Waals surface area contributed by atoms with Crippen LogP contribution in [0.4, 0.5) is 0 Å². The lowest BCUT2D eigenvalue weighted by molar-refractivity contribution is 0.636. The third kappa shape index (κ3) is 4.79. The Morgan fingerprint density at radius 1 is 0.583 bits per heavy atom. The number of rotatable bonds is 8. The predicted molar refractivity (Wildman–Crippen MR) is 102 cm³/mol. The molecule has 0 unspecified atom stereocenters. The van der Waals surface area contributed by atoms with Crippen molar-refractivity contribution in [1.82, 2.24) is 4.98 Å². The molecule has 1 nitrogen and oxygen atoms in total. The molecule has 0 spiro atoms. The van der Waals surface area contributed by atoms with Gasteiger partial charge in [-0.25, -0.2) is 0 Å². The van der Waals surface area contributed by atoms with Crippen molar-refractivity contribution >= 4 is 0 Å². The zero-order chi connectivity index (χ0) is 16.5. The van der Waals surface area contributed by atoms with Crippen LogP contribution in [0.5, 0.6) is 0 Å². The lowest BCUT2D eigenvalue weighted by Crippen LogP contribution is -1.95. The van der Waals surface area contributed by atoms with E-state index in [1.54, 1.807) is 0 Å². The molecular weight excluding hydrogens is 290 g/mol. The van der Waals surface area contributed by atoms with Crippen LogP contribution in [0.25, 0.3) is 11.1 Å². The minimum Gasteiger partial charge on any atom is -0.261 e. The lowest BCUT2D eigenvalue weighted by Gasteiger charge is -2.08. The van der Waals surface area contributed by atoms with Crippen LogP contribution < -0.4 is 0 Å². The number of hydrogen-bond acceptors (Lipinski definition) is 1. The molecule has 0 amide bonds. The molecule has 2 aromatic carbocycles. The van der Waals surface area contributed by atoms with Crippen LogP contribution in [0.1, 0.15) is 36.9 Å². The van der Waals surface area contributed by atoms with Gasteiger partial charge in [-0.15, -0.1) is 0 Å². The van der Waals surface area contributed by atoms with Gasteiger partial charge in [-0.3, -0.25) is 4.98 Å². The van der Waals surface area contributed by atoms with Crippen molar-refractivity contribution in [2.75, 3.05) is 0 Å². The van der Waals surface area contributed by atoms with E-state index in [9.17, 15) is 0 Å². The zero-order valence-corrected chi connectivity index (χ0v) is 14.2. The monoisotopic (exact) mass is 315 g/mol. The molecule has 0 saturated heterocycles. The number of unbranched alkanes of at least 4 members (excludes halogenated alkanes) is 3. The second-order valence-corrected chi connectivity index (χ2v) is 6.26. The maximum absolute atomic E-state index is 4.62. The van der Waals surface area contributed by atoms with Crippen molar-refractivity contribution in [3.8, 4) is 11.1 Å². The molecule has 0 aliphatic heterocycles. The largest absolute Gasteiger partial charge is 0.261 e. The summed E-state index contributed by atoms with van der Waals surface area (Å²) in [5, 5.41) is 0. The van der Waals surface area contributed by atoms with E-state index in [1.807, 2.05) is 12.3 Å². The molecule has 0 saturated carbocycles. The Morgan fingerprint density at radius 3 is 2.00 bits per heavy atom. The Balaban J connectivity index is 1.46. The average molecular weight is 315 g/mol. The first kappa shape index (κ1) is 16.4. The third-order valence-corrected chi connectivity index (χ3v) is 4.45. The van der Waals surface area contributed by atoms with E-state index in [4.69, 9.17) is 0 Å². The third-order valence-electron chi connectivity index (χ3n) is 4.45. The summed E-state index contributed by atoms with van der Waals surface area (Å²) in [6.07, 6.45) is 9.23. The second kappa shape index (κ2) is 9.02. The van der Waals surface area contributed by atoms with Crippen molar-refractivity contribution in [2.45, 2.75) is 38.5 Å². The number of aromatic nitrogens is 1. The second-order valence-electron chi connectivity index (χ2n) is 6.26. The summed E-state index contributed by atoms with van der Waals surface area (Å²) < 4.78 is 0. The summed E-state index contributed by atoms with van der Waals surface area (Å²) >= 11 is 0. The highest BCUT2D eigenvalue weighted by atomic mass is 14.7. The van der Waals surface area contributed by atoms with Gasteiger partial charge in [0.1, 0.15) is 0 Å². The molecule has 0 radical (unpaired) electrons. The van der Waals surface area contributed by atoms with Crippen molar-refractivity contribution in [2.24, 2.45) is 0 Å². The van der Waals surface area contributed by atoms with E-state index in [0.29, 0.717) is 0 Å². The average Bonchev–Trinajstić information content (AvgIpc) is 2.66. The SMILES string of the molecule is c1ccc(CCCCCCc2ncccc2-c2ccccc2)cc1. The van der Waals surface area contributed by atoms with E-state index in [-0.39, 0.29) is 0 Å². The molecular formula is C23H25N. The van der Waals surface area contributed by atoms with E-state index in [2.05, 4.69) is 71.7 Å². The summed E-state index contributed by atoms with van der Waals surface area (Å²) in [4.78, 5) is 4.62. The maximum Gasteiger partial charge on any atom is 0.0481 e. The van der Waals surface area contributed by atoms with Gasteiger partial charge in [0.05, 0.1) is 0 Å². The Hall–Kier alpha value is -2.41. The Kier molecular flexibility index (Phi) is 6.18. The van der Waals surface area contributed by atoms with Gasteiger partial charge in [0, 0.05) is 17.5 Å². The van der Waals surface area contributed by atoms with Crippen molar-refractivity contribution in [1.29, 1.82) is 0 Å². The summed E-state index contributed by atoms with van der Waals surface area (Å²) in [5.74, 6) is 0. The van der Waals surface area contributed by atoms with Crippen LogP contribution in [-0.2, 0) is 12.8 Å². The molecule has 24 heavy (non-hydrogen) atoms. The molecule has 0 aliphatic carbocycles. The van der Waals surface area contributed by atoms with E-state index < -0.39 is 0 Å². The van der Waals surface area contributed by atoms with Crippen LogP contribution in [-0.4, -0.2) is 4.98 Å². The summed E-state index contributed by atoms with van der Waals surface area (Å²) in [7, 11) is 0. The molecule has 1 aromatic heterocycles. The fourth-order valence-corrected chi connectivity index (χ4v) is 3.14. The Labute approximate surface area is 145 Å². The van der Waals surface area contributed by atoms with Gasteiger partial charge in [-0.1, -0.05) is 79.6 Å². The molecule has 0 aliphatic rings. The first-order chi connectivity index (χ1) is 11.9. The fraction of sp³-hybridized carbons (Fsp3) is 0.261. The summed E-state index contributed by atoms with van der Waals surface area (Å²) in [6, 6.07) is 25.6. The van der Waals surface area contributed by atoms with Gasteiger partial charge in [-0.2, -0.15) is 0 Å². The van der Waals surface area contributed by atoms with Gasteiger partial charge in [-0.05, 0) is 42.9 Å². The first-order valence-electron chi connectivity index (χ1n) is 8.97. The van der Waals surface area contributed by atoms with Crippen LogP contribution in [0, 0.1) is 0 Å². The van der Waals surface area contributed by atoms with Crippen molar-refractivity contribution in [3.05, 3.63) is 90.3 Å². The van der Waals surface area contributed by atoms with Gasteiger partial charge in [0.15, 0.2) is 0 Å². The van der Waals surface area contributed by atoms with Gasteiger partial charge in [0.2, 0.25) is 0 Å². The Morgan fingerprint density at radius 2 is 1.25 bits per heavy atom. The van der Waals surface area contributed by atoms with Gasteiger partial charge >= 0.3 is 0 Å². The van der Waals surface area contributed by atoms with E-state index in [1.165, 1.54) is 54.5 Å². The smallest absolute Gasteiger partial charge is 0.0481 e. The number of pyridine rings is 1. The predicted octanol–water partition coefficient (Wildman–Crippen LogP) is 6.09. The van der Waals surface area contributed by atoms with Crippen molar-refractivity contribution < 1.29 is 0 Å². The molecule has 1 heterocycles. The number of benzene rings is 2. The summed E-state index contributed by atoms with van der Waals surface area (Å²) in [5.41, 5.74) is 5.23. The minimum absolute atomic E-state index is 1.07. The van der Waals surface area contributed by atoms with Gasteiger partial charge < -0.3 is 0 Å². The van der Waals surface area contributed by atoms with Crippen LogP contribution in [0.2, 0.25) is 0 Å². The van der Waals surface area contributed by atoms with Crippen LogP contribution in [0.3, 0.4) is 0 Å².